The van der Waals surface area contributed by atoms with Crippen LogP contribution in [-0.2, 0) is 16.0 Å². The number of hydrogen-bond acceptors (Lipinski definition) is 3. The molecule has 20 heavy (non-hydrogen) atoms. The van der Waals surface area contributed by atoms with Gasteiger partial charge in [-0.2, -0.15) is 0 Å². The molecule has 2 N–H and O–H groups in total. The number of rotatable bonds is 4. The standard InChI is InChI=1S/C14H18Cl2N2O2/c1-9-13(17-4-5-20-9)14(19)18-3-2-10-6-11(15)8-12(16)7-10/h6-9,13,17H,2-5H2,1H3,(H,18,19)/t9-,13+/m1/s1. The molecular formula is C14H18Cl2N2O2. The highest BCUT2D eigenvalue weighted by Crippen LogP contribution is 2.19. The molecule has 0 spiro atoms. The highest BCUT2D eigenvalue weighted by Gasteiger charge is 2.27. The summed E-state index contributed by atoms with van der Waals surface area (Å²) in [5, 5.41) is 7.27. The Morgan fingerprint density at radius 1 is 1.40 bits per heavy atom. The summed E-state index contributed by atoms with van der Waals surface area (Å²) in [6.45, 7) is 3.78. The van der Waals surface area contributed by atoms with Crippen LogP contribution in [0.2, 0.25) is 10.0 Å². The monoisotopic (exact) mass is 316 g/mol. The zero-order valence-electron chi connectivity index (χ0n) is 11.3. The maximum absolute atomic E-state index is 12.0. The molecule has 0 unspecified atom stereocenters. The summed E-state index contributed by atoms with van der Waals surface area (Å²) >= 11 is 11.9. The summed E-state index contributed by atoms with van der Waals surface area (Å²) in [5.41, 5.74) is 1.00. The van der Waals surface area contributed by atoms with Crippen molar-refractivity contribution in [1.29, 1.82) is 0 Å². The summed E-state index contributed by atoms with van der Waals surface area (Å²) in [5.74, 6) is -0.0367. The molecule has 1 saturated heterocycles. The van der Waals surface area contributed by atoms with E-state index < -0.39 is 0 Å². The molecule has 2 rings (SSSR count). The van der Waals surface area contributed by atoms with Crippen molar-refractivity contribution in [2.75, 3.05) is 19.7 Å². The van der Waals surface area contributed by atoms with Gasteiger partial charge in [0.15, 0.2) is 0 Å². The molecule has 1 aromatic carbocycles. The molecule has 2 atom stereocenters. The third kappa shape index (κ3) is 4.35. The molecule has 1 heterocycles. The number of carbonyl (C=O) groups is 1. The quantitative estimate of drug-likeness (QED) is 0.893. The number of halogens is 2. The van der Waals surface area contributed by atoms with E-state index in [1.54, 1.807) is 6.07 Å². The Bertz CT molecular complexity index is 462. The largest absolute Gasteiger partial charge is 0.375 e. The number of benzene rings is 1. The minimum Gasteiger partial charge on any atom is -0.375 e. The van der Waals surface area contributed by atoms with E-state index in [2.05, 4.69) is 10.6 Å². The van der Waals surface area contributed by atoms with E-state index in [-0.39, 0.29) is 18.1 Å². The van der Waals surface area contributed by atoms with E-state index in [0.717, 1.165) is 5.56 Å². The Balaban J connectivity index is 1.81. The molecule has 1 aliphatic rings. The second-order valence-corrected chi connectivity index (χ2v) is 5.70. The smallest absolute Gasteiger partial charge is 0.239 e. The van der Waals surface area contributed by atoms with Crippen LogP contribution in [-0.4, -0.2) is 37.7 Å². The van der Waals surface area contributed by atoms with Gasteiger partial charge in [0, 0.05) is 23.1 Å². The van der Waals surface area contributed by atoms with E-state index >= 15 is 0 Å². The molecule has 1 aromatic rings. The first kappa shape index (κ1) is 15.6. The topological polar surface area (TPSA) is 50.4 Å². The number of amides is 1. The van der Waals surface area contributed by atoms with Gasteiger partial charge in [-0.1, -0.05) is 23.2 Å². The molecular weight excluding hydrogens is 299 g/mol. The van der Waals surface area contributed by atoms with Gasteiger partial charge >= 0.3 is 0 Å². The number of nitrogens with one attached hydrogen (secondary N) is 2. The summed E-state index contributed by atoms with van der Waals surface area (Å²) in [6.07, 6.45) is 0.581. The van der Waals surface area contributed by atoms with Crippen LogP contribution >= 0.6 is 23.2 Å². The molecule has 0 saturated carbocycles. The van der Waals surface area contributed by atoms with Crippen molar-refractivity contribution in [2.24, 2.45) is 0 Å². The molecule has 0 aromatic heterocycles. The lowest BCUT2D eigenvalue weighted by atomic mass is 10.1. The SMILES string of the molecule is C[C@H]1OCCN[C@@H]1C(=O)NCCc1cc(Cl)cc(Cl)c1. The van der Waals surface area contributed by atoms with Crippen LogP contribution in [0.25, 0.3) is 0 Å². The Morgan fingerprint density at radius 2 is 2.10 bits per heavy atom. The average molecular weight is 317 g/mol. The fraction of sp³-hybridized carbons (Fsp3) is 0.500. The van der Waals surface area contributed by atoms with Gasteiger partial charge in [-0.3, -0.25) is 4.79 Å². The molecule has 0 radical (unpaired) electrons. The minimum atomic E-state index is -0.285. The average Bonchev–Trinajstić information content (AvgIpc) is 2.38. The number of hydrogen-bond donors (Lipinski definition) is 2. The van der Waals surface area contributed by atoms with Gasteiger partial charge < -0.3 is 15.4 Å². The summed E-state index contributed by atoms with van der Waals surface area (Å²) < 4.78 is 5.45. The predicted octanol–water partition coefficient (Wildman–Crippen LogP) is 2.03. The van der Waals surface area contributed by atoms with E-state index in [4.69, 9.17) is 27.9 Å². The zero-order valence-corrected chi connectivity index (χ0v) is 12.8. The van der Waals surface area contributed by atoms with Gasteiger partial charge in [0.1, 0.15) is 6.04 Å². The molecule has 0 bridgehead atoms. The highest BCUT2D eigenvalue weighted by molar-refractivity contribution is 6.34. The van der Waals surface area contributed by atoms with Crippen molar-refractivity contribution in [3.05, 3.63) is 33.8 Å². The summed E-state index contributed by atoms with van der Waals surface area (Å²) in [4.78, 5) is 12.0. The molecule has 1 amide bonds. The van der Waals surface area contributed by atoms with E-state index in [1.165, 1.54) is 0 Å². The summed E-state index contributed by atoms with van der Waals surface area (Å²) in [6, 6.07) is 5.11. The van der Waals surface area contributed by atoms with Crippen molar-refractivity contribution >= 4 is 29.1 Å². The second-order valence-electron chi connectivity index (χ2n) is 4.83. The maximum Gasteiger partial charge on any atom is 0.239 e. The first-order valence-electron chi connectivity index (χ1n) is 6.64. The number of morpholine rings is 1. The third-order valence-electron chi connectivity index (χ3n) is 3.23. The predicted molar refractivity (Wildman–Crippen MR) is 80.4 cm³/mol. The van der Waals surface area contributed by atoms with Crippen molar-refractivity contribution in [1.82, 2.24) is 10.6 Å². The Labute approximate surface area is 128 Å². The van der Waals surface area contributed by atoms with Crippen molar-refractivity contribution < 1.29 is 9.53 Å². The molecule has 110 valence electrons. The van der Waals surface area contributed by atoms with Crippen LogP contribution in [0.1, 0.15) is 12.5 Å². The fourth-order valence-corrected chi connectivity index (χ4v) is 2.79. The molecule has 1 aliphatic heterocycles. The first-order valence-corrected chi connectivity index (χ1v) is 7.39. The second kappa shape index (κ2) is 7.27. The zero-order chi connectivity index (χ0) is 14.5. The lowest BCUT2D eigenvalue weighted by Crippen LogP contribution is -2.55. The van der Waals surface area contributed by atoms with Gasteiger partial charge in [-0.25, -0.2) is 0 Å². The van der Waals surface area contributed by atoms with Gasteiger partial charge in [-0.15, -0.1) is 0 Å². The van der Waals surface area contributed by atoms with Gasteiger partial charge in [0.25, 0.3) is 0 Å². The summed E-state index contributed by atoms with van der Waals surface area (Å²) in [7, 11) is 0. The lowest BCUT2D eigenvalue weighted by Gasteiger charge is -2.29. The fourth-order valence-electron chi connectivity index (χ4n) is 2.22. The van der Waals surface area contributed by atoms with Gasteiger partial charge in [0.05, 0.1) is 12.7 Å². The van der Waals surface area contributed by atoms with Crippen LogP contribution < -0.4 is 10.6 Å². The van der Waals surface area contributed by atoms with Crippen LogP contribution in [0.15, 0.2) is 18.2 Å². The van der Waals surface area contributed by atoms with E-state index in [9.17, 15) is 4.79 Å². The van der Waals surface area contributed by atoms with Crippen LogP contribution in [0.5, 0.6) is 0 Å². The third-order valence-corrected chi connectivity index (χ3v) is 3.67. The molecule has 6 heteroatoms. The highest BCUT2D eigenvalue weighted by atomic mass is 35.5. The normalized spacial score (nSPS) is 22.6. The Morgan fingerprint density at radius 3 is 2.75 bits per heavy atom. The lowest BCUT2D eigenvalue weighted by molar-refractivity contribution is -0.128. The van der Waals surface area contributed by atoms with Crippen LogP contribution in [0.3, 0.4) is 0 Å². The van der Waals surface area contributed by atoms with Crippen molar-refractivity contribution in [3.63, 3.8) is 0 Å². The minimum absolute atomic E-state index is 0.0367. The number of carbonyl (C=O) groups excluding carboxylic acids is 1. The molecule has 4 nitrogen and oxygen atoms in total. The van der Waals surface area contributed by atoms with Gasteiger partial charge in [0.2, 0.25) is 5.91 Å². The Kier molecular flexibility index (Phi) is 5.66. The first-order chi connectivity index (χ1) is 9.56. The van der Waals surface area contributed by atoms with Crippen molar-refractivity contribution in [2.45, 2.75) is 25.5 Å². The Hall–Kier alpha value is -0.810. The maximum atomic E-state index is 12.0. The molecule has 1 fully saturated rings. The van der Waals surface area contributed by atoms with Gasteiger partial charge in [-0.05, 0) is 37.1 Å². The van der Waals surface area contributed by atoms with Crippen LogP contribution in [0, 0.1) is 0 Å². The van der Waals surface area contributed by atoms with E-state index in [1.807, 2.05) is 19.1 Å². The molecule has 0 aliphatic carbocycles. The number of ether oxygens (including phenoxy) is 1. The van der Waals surface area contributed by atoms with Crippen molar-refractivity contribution in [3.8, 4) is 0 Å². The van der Waals surface area contributed by atoms with E-state index in [0.29, 0.717) is 36.2 Å². The van der Waals surface area contributed by atoms with Crippen LogP contribution in [0.4, 0.5) is 0 Å².